The van der Waals surface area contributed by atoms with E-state index in [-0.39, 0.29) is 0 Å². The standard InChI is InChI=1S/C29H25NO/c1-19(2)23-14-15-30-26(17-23)24-16-25(21-10-6-4-7-11-21)28-20(3)29(31-27(28)18-24)22-12-8-5-9-13-22/h4-19H,1-3H3/i19D. The molecule has 2 nitrogen and oxygen atoms in total. The Labute approximate surface area is 184 Å². The molecule has 0 amide bonds. The average Bonchev–Trinajstić information content (AvgIpc) is 3.15. The van der Waals surface area contributed by atoms with Crippen molar-refractivity contribution in [2.45, 2.75) is 26.7 Å². The Morgan fingerprint density at radius 3 is 2.16 bits per heavy atom. The minimum absolute atomic E-state index is 0.689. The van der Waals surface area contributed by atoms with Crippen LogP contribution in [-0.4, -0.2) is 4.98 Å². The van der Waals surface area contributed by atoms with Crippen molar-refractivity contribution in [3.8, 4) is 33.7 Å². The second-order valence-corrected chi connectivity index (χ2v) is 8.11. The Kier molecular flexibility index (Phi) is 4.61. The summed E-state index contributed by atoms with van der Waals surface area (Å²) >= 11 is 0. The molecule has 0 aliphatic rings. The van der Waals surface area contributed by atoms with E-state index in [2.05, 4.69) is 60.4 Å². The number of furan rings is 1. The zero-order valence-electron chi connectivity index (χ0n) is 19.0. The van der Waals surface area contributed by atoms with Gasteiger partial charge in [-0.15, -0.1) is 0 Å². The average molecular weight is 405 g/mol. The smallest absolute Gasteiger partial charge is 0.138 e. The number of rotatable bonds is 4. The van der Waals surface area contributed by atoms with Gasteiger partial charge in [-0.05, 0) is 53.8 Å². The lowest BCUT2D eigenvalue weighted by molar-refractivity contribution is 0.629. The first-order valence-electron chi connectivity index (χ1n) is 11.1. The molecule has 0 unspecified atom stereocenters. The molecule has 0 spiro atoms. The molecule has 2 heterocycles. The summed E-state index contributed by atoms with van der Waals surface area (Å²) in [6, 6.07) is 28.8. The third-order valence-electron chi connectivity index (χ3n) is 5.78. The van der Waals surface area contributed by atoms with Crippen LogP contribution in [0.5, 0.6) is 0 Å². The van der Waals surface area contributed by atoms with E-state index in [0.717, 1.165) is 55.8 Å². The maximum absolute atomic E-state index is 8.42. The highest BCUT2D eigenvalue weighted by molar-refractivity contribution is 6.02. The van der Waals surface area contributed by atoms with E-state index < -0.39 is 5.89 Å². The summed E-state index contributed by atoms with van der Waals surface area (Å²) in [6.45, 7) is 5.92. The molecule has 152 valence electrons. The number of benzene rings is 3. The number of pyridine rings is 1. The Morgan fingerprint density at radius 1 is 0.806 bits per heavy atom. The molecule has 0 aliphatic carbocycles. The van der Waals surface area contributed by atoms with E-state index in [4.69, 9.17) is 5.79 Å². The predicted octanol–water partition coefficient (Wildman–Crippen LogP) is 8.26. The summed E-state index contributed by atoms with van der Waals surface area (Å²) in [4.78, 5) is 4.63. The molecule has 0 saturated heterocycles. The lowest BCUT2D eigenvalue weighted by atomic mass is 9.94. The molecule has 31 heavy (non-hydrogen) atoms. The maximum Gasteiger partial charge on any atom is 0.138 e. The molecule has 0 saturated carbocycles. The Bertz CT molecular complexity index is 1400. The fraction of sp³-hybridized carbons (Fsp3) is 0.138. The van der Waals surface area contributed by atoms with E-state index >= 15 is 0 Å². The molecule has 0 radical (unpaired) electrons. The van der Waals surface area contributed by atoms with Crippen molar-refractivity contribution in [3.05, 3.63) is 102 Å². The third kappa shape index (κ3) is 3.55. The SMILES string of the molecule is [2H]C(C)(C)c1ccnc(-c2cc(-c3ccccc3)c3c(C)c(-c4ccccc4)oc3c2)c1. The molecule has 0 bridgehead atoms. The van der Waals surface area contributed by atoms with Crippen molar-refractivity contribution in [1.29, 1.82) is 0 Å². The van der Waals surface area contributed by atoms with Gasteiger partial charge in [-0.3, -0.25) is 4.98 Å². The summed E-state index contributed by atoms with van der Waals surface area (Å²) in [5, 5.41) is 1.12. The van der Waals surface area contributed by atoms with Gasteiger partial charge in [-0.25, -0.2) is 0 Å². The normalized spacial score (nSPS) is 12.2. The van der Waals surface area contributed by atoms with Crippen LogP contribution in [0, 0.1) is 6.92 Å². The molecule has 2 aromatic heterocycles. The molecule has 5 rings (SSSR count). The highest BCUT2D eigenvalue weighted by Gasteiger charge is 2.18. The first-order chi connectivity index (χ1) is 15.4. The van der Waals surface area contributed by atoms with E-state index in [1.165, 1.54) is 0 Å². The molecule has 5 aromatic rings. The molecule has 2 heteroatoms. The molecule has 0 N–H and O–H groups in total. The number of nitrogens with zero attached hydrogens (tertiary/aromatic N) is 1. The molecular formula is C29H25NO. The fourth-order valence-corrected chi connectivity index (χ4v) is 4.14. The van der Waals surface area contributed by atoms with Crippen molar-refractivity contribution >= 4 is 11.0 Å². The van der Waals surface area contributed by atoms with Crippen LogP contribution < -0.4 is 0 Å². The van der Waals surface area contributed by atoms with Crippen LogP contribution in [0.1, 0.15) is 32.2 Å². The lowest BCUT2D eigenvalue weighted by Crippen LogP contribution is -1.91. The van der Waals surface area contributed by atoms with Gasteiger partial charge in [0.1, 0.15) is 11.3 Å². The van der Waals surface area contributed by atoms with Gasteiger partial charge in [-0.1, -0.05) is 74.5 Å². The van der Waals surface area contributed by atoms with Gasteiger partial charge in [0.25, 0.3) is 0 Å². The van der Waals surface area contributed by atoms with Crippen LogP contribution >= 0.6 is 0 Å². The monoisotopic (exact) mass is 404 g/mol. The molecule has 0 atom stereocenters. The van der Waals surface area contributed by atoms with E-state index in [1.54, 1.807) is 6.20 Å². The van der Waals surface area contributed by atoms with Crippen LogP contribution in [-0.2, 0) is 0 Å². The zero-order valence-corrected chi connectivity index (χ0v) is 18.0. The first kappa shape index (κ1) is 18.1. The molecular weight excluding hydrogens is 378 g/mol. The van der Waals surface area contributed by atoms with Gasteiger partial charge in [0, 0.05) is 29.6 Å². The highest BCUT2D eigenvalue weighted by Crippen LogP contribution is 2.41. The van der Waals surface area contributed by atoms with Crippen LogP contribution in [0.3, 0.4) is 0 Å². The lowest BCUT2D eigenvalue weighted by Gasteiger charge is -2.10. The first-order valence-corrected chi connectivity index (χ1v) is 10.6. The summed E-state index contributed by atoms with van der Waals surface area (Å²) in [5.74, 6) is 0.204. The van der Waals surface area contributed by atoms with Gasteiger partial charge in [0.15, 0.2) is 0 Å². The van der Waals surface area contributed by atoms with Crippen molar-refractivity contribution in [2.75, 3.05) is 0 Å². The summed E-state index contributed by atoms with van der Waals surface area (Å²) in [7, 11) is 0. The third-order valence-corrected chi connectivity index (χ3v) is 5.78. The minimum atomic E-state index is -0.689. The number of hydrogen-bond donors (Lipinski definition) is 0. The zero-order chi connectivity index (χ0) is 22.3. The van der Waals surface area contributed by atoms with Gasteiger partial charge in [-0.2, -0.15) is 0 Å². The summed E-state index contributed by atoms with van der Waals surface area (Å²) in [6.07, 6.45) is 1.79. The van der Waals surface area contributed by atoms with Crippen molar-refractivity contribution in [3.63, 3.8) is 0 Å². The van der Waals surface area contributed by atoms with Gasteiger partial charge >= 0.3 is 0 Å². The second-order valence-electron chi connectivity index (χ2n) is 8.11. The van der Waals surface area contributed by atoms with E-state index in [0.29, 0.717) is 0 Å². The largest absolute Gasteiger partial charge is 0.456 e. The van der Waals surface area contributed by atoms with E-state index in [1.807, 2.05) is 50.2 Å². The minimum Gasteiger partial charge on any atom is -0.456 e. The Hall–Kier alpha value is -3.65. The summed E-state index contributed by atoms with van der Waals surface area (Å²) < 4.78 is 14.9. The van der Waals surface area contributed by atoms with Crippen molar-refractivity contribution in [2.24, 2.45) is 0 Å². The van der Waals surface area contributed by atoms with Gasteiger partial charge in [0.05, 0.1) is 5.69 Å². The Morgan fingerprint density at radius 2 is 1.48 bits per heavy atom. The van der Waals surface area contributed by atoms with Crippen molar-refractivity contribution < 1.29 is 5.79 Å². The molecule has 0 fully saturated rings. The number of aryl methyl sites for hydroxylation is 1. The second kappa shape index (κ2) is 7.88. The number of fused-ring (bicyclic) bond motifs is 1. The maximum atomic E-state index is 8.42. The number of hydrogen-bond acceptors (Lipinski definition) is 2. The topological polar surface area (TPSA) is 26.0 Å². The number of aromatic nitrogens is 1. The van der Waals surface area contributed by atoms with Crippen molar-refractivity contribution in [1.82, 2.24) is 4.98 Å². The van der Waals surface area contributed by atoms with E-state index in [9.17, 15) is 0 Å². The predicted molar refractivity (Wildman–Crippen MR) is 129 cm³/mol. The van der Waals surface area contributed by atoms with Crippen LogP contribution in [0.2, 0.25) is 0 Å². The quantitative estimate of drug-likeness (QED) is 0.301. The van der Waals surface area contributed by atoms with Gasteiger partial charge < -0.3 is 4.42 Å². The van der Waals surface area contributed by atoms with Crippen LogP contribution in [0.4, 0.5) is 0 Å². The van der Waals surface area contributed by atoms with Gasteiger partial charge in [0.2, 0.25) is 0 Å². The fourth-order valence-electron chi connectivity index (χ4n) is 4.14. The molecule has 0 aliphatic heterocycles. The summed E-state index contributed by atoms with van der Waals surface area (Å²) in [5.41, 5.74) is 8.06. The van der Waals surface area contributed by atoms with Crippen LogP contribution in [0.25, 0.3) is 44.7 Å². The molecule has 3 aromatic carbocycles. The highest BCUT2D eigenvalue weighted by atomic mass is 16.3. The van der Waals surface area contributed by atoms with Crippen LogP contribution in [0.15, 0.2) is 95.5 Å². The Balaban J connectivity index is 1.78.